The van der Waals surface area contributed by atoms with Crippen molar-refractivity contribution in [2.75, 3.05) is 0 Å². The van der Waals surface area contributed by atoms with Crippen molar-refractivity contribution in [1.82, 2.24) is 24.1 Å². The number of benzene rings is 8. The number of aromatic nitrogens is 5. The molecule has 262 valence electrons. The summed E-state index contributed by atoms with van der Waals surface area (Å²) in [5.41, 5.74) is 11.8. The first-order valence-corrected chi connectivity index (χ1v) is 18.9. The van der Waals surface area contributed by atoms with Gasteiger partial charge in [0.15, 0.2) is 17.5 Å². The normalized spacial score (nSPS) is 11.6. The van der Waals surface area contributed by atoms with Crippen molar-refractivity contribution in [3.05, 3.63) is 200 Å². The fourth-order valence-corrected chi connectivity index (χ4v) is 8.14. The van der Waals surface area contributed by atoms with E-state index in [1.165, 1.54) is 27.1 Å². The fourth-order valence-electron chi connectivity index (χ4n) is 8.14. The molecule has 11 aromatic rings. The van der Waals surface area contributed by atoms with Crippen LogP contribution in [0.1, 0.15) is 0 Å². The van der Waals surface area contributed by atoms with E-state index in [2.05, 4.69) is 203 Å². The summed E-state index contributed by atoms with van der Waals surface area (Å²) in [4.78, 5) is 15.6. The Bertz CT molecular complexity index is 3040. The van der Waals surface area contributed by atoms with E-state index >= 15 is 0 Å². The van der Waals surface area contributed by atoms with Crippen molar-refractivity contribution in [3.63, 3.8) is 0 Å². The van der Waals surface area contributed by atoms with Gasteiger partial charge in [0.25, 0.3) is 0 Å². The summed E-state index contributed by atoms with van der Waals surface area (Å²) in [6, 6.07) is 70.3. The van der Waals surface area contributed by atoms with Crippen LogP contribution in [0.2, 0.25) is 0 Å². The van der Waals surface area contributed by atoms with Crippen LogP contribution in [0.4, 0.5) is 0 Å². The van der Waals surface area contributed by atoms with Gasteiger partial charge in [-0.15, -0.1) is 0 Å². The van der Waals surface area contributed by atoms with Gasteiger partial charge in [0.05, 0.1) is 22.1 Å². The summed E-state index contributed by atoms with van der Waals surface area (Å²) < 4.78 is 4.66. The van der Waals surface area contributed by atoms with Crippen molar-refractivity contribution in [2.45, 2.75) is 0 Å². The van der Waals surface area contributed by atoms with Crippen molar-refractivity contribution in [1.29, 1.82) is 0 Å². The van der Waals surface area contributed by atoms with Crippen LogP contribution in [-0.2, 0) is 0 Å². The van der Waals surface area contributed by atoms with Crippen molar-refractivity contribution >= 4 is 43.6 Å². The molecule has 5 heteroatoms. The minimum atomic E-state index is 0.618. The lowest BCUT2D eigenvalue weighted by atomic mass is 10.0. The summed E-state index contributed by atoms with van der Waals surface area (Å²) in [7, 11) is 0. The van der Waals surface area contributed by atoms with Crippen LogP contribution < -0.4 is 0 Å². The highest BCUT2D eigenvalue weighted by Crippen LogP contribution is 2.37. The van der Waals surface area contributed by atoms with E-state index in [0.717, 1.165) is 55.7 Å². The minimum absolute atomic E-state index is 0.618. The van der Waals surface area contributed by atoms with Gasteiger partial charge >= 0.3 is 0 Å². The summed E-state index contributed by atoms with van der Waals surface area (Å²) in [5.74, 6) is 1.86. The van der Waals surface area contributed by atoms with Crippen LogP contribution in [0.5, 0.6) is 0 Å². The van der Waals surface area contributed by atoms with Crippen LogP contribution >= 0.6 is 0 Å². The van der Waals surface area contributed by atoms with Gasteiger partial charge in [-0.1, -0.05) is 152 Å². The Morgan fingerprint density at radius 3 is 1.07 bits per heavy atom. The van der Waals surface area contributed by atoms with Crippen LogP contribution in [-0.4, -0.2) is 24.1 Å². The van der Waals surface area contributed by atoms with Gasteiger partial charge in [-0.25, -0.2) is 15.0 Å². The first kappa shape index (κ1) is 31.9. The molecule has 0 spiro atoms. The quantitative estimate of drug-likeness (QED) is 0.172. The molecule has 0 unspecified atom stereocenters. The Balaban J connectivity index is 1.13. The Kier molecular flexibility index (Phi) is 7.42. The van der Waals surface area contributed by atoms with E-state index in [0.29, 0.717) is 17.5 Å². The maximum Gasteiger partial charge on any atom is 0.164 e. The second-order valence-corrected chi connectivity index (χ2v) is 14.1. The monoisotopic (exact) mass is 715 g/mol. The molecular weight excluding hydrogens is 683 g/mol. The third-order valence-electron chi connectivity index (χ3n) is 10.8. The summed E-state index contributed by atoms with van der Waals surface area (Å²) in [6.07, 6.45) is 0. The molecule has 0 aliphatic carbocycles. The van der Waals surface area contributed by atoms with Gasteiger partial charge in [-0.05, 0) is 59.7 Å². The maximum atomic E-state index is 5.25. The highest BCUT2D eigenvalue weighted by molar-refractivity contribution is 6.11. The molecular formula is C51H33N5. The highest BCUT2D eigenvalue weighted by Gasteiger charge is 2.19. The lowest BCUT2D eigenvalue weighted by Crippen LogP contribution is -2.01. The number of nitrogens with zero attached hydrogens (tertiary/aromatic N) is 5. The smallest absolute Gasteiger partial charge is 0.164 e. The second kappa shape index (κ2) is 13.0. The molecule has 56 heavy (non-hydrogen) atoms. The van der Waals surface area contributed by atoms with E-state index in [-0.39, 0.29) is 0 Å². The van der Waals surface area contributed by atoms with Gasteiger partial charge in [-0.3, -0.25) is 0 Å². The first-order valence-electron chi connectivity index (χ1n) is 18.9. The lowest BCUT2D eigenvalue weighted by molar-refractivity contribution is 1.07. The van der Waals surface area contributed by atoms with Crippen LogP contribution in [0.15, 0.2) is 200 Å². The van der Waals surface area contributed by atoms with Crippen LogP contribution in [0.25, 0.3) is 100 Å². The fraction of sp³-hybridized carbons (Fsp3) is 0. The molecule has 0 fully saturated rings. The zero-order valence-electron chi connectivity index (χ0n) is 30.3. The zero-order valence-corrected chi connectivity index (χ0v) is 30.3. The molecule has 0 saturated carbocycles. The Hall–Kier alpha value is -7.63. The zero-order chi connectivity index (χ0) is 37.0. The molecule has 0 aliphatic heterocycles. The molecule has 0 aliphatic rings. The third kappa shape index (κ3) is 5.29. The molecule has 0 bridgehead atoms. The minimum Gasteiger partial charge on any atom is -0.309 e. The van der Waals surface area contributed by atoms with Gasteiger partial charge in [0.2, 0.25) is 0 Å². The van der Waals surface area contributed by atoms with Crippen molar-refractivity contribution in [2.24, 2.45) is 0 Å². The number of hydrogen-bond acceptors (Lipinski definition) is 3. The predicted octanol–water partition coefficient (Wildman–Crippen LogP) is 12.7. The van der Waals surface area contributed by atoms with E-state index < -0.39 is 0 Å². The predicted molar refractivity (Wildman–Crippen MR) is 230 cm³/mol. The Morgan fingerprint density at radius 2 is 0.589 bits per heavy atom. The van der Waals surface area contributed by atoms with E-state index in [4.69, 9.17) is 15.0 Å². The highest BCUT2D eigenvalue weighted by atomic mass is 15.0. The van der Waals surface area contributed by atoms with E-state index in [1.54, 1.807) is 0 Å². The van der Waals surface area contributed by atoms with Gasteiger partial charge < -0.3 is 9.13 Å². The lowest BCUT2D eigenvalue weighted by Gasteiger charge is -2.11. The van der Waals surface area contributed by atoms with Crippen molar-refractivity contribution in [3.8, 4) is 56.7 Å². The largest absolute Gasteiger partial charge is 0.309 e. The molecule has 0 radical (unpaired) electrons. The maximum absolute atomic E-state index is 5.25. The number of fused-ring (bicyclic) bond motifs is 6. The number of hydrogen-bond donors (Lipinski definition) is 0. The molecule has 8 aromatic carbocycles. The summed E-state index contributed by atoms with van der Waals surface area (Å²) in [6.45, 7) is 0. The summed E-state index contributed by atoms with van der Waals surface area (Å²) in [5, 5.41) is 4.77. The van der Waals surface area contributed by atoms with E-state index in [9.17, 15) is 0 Å². The molecule has 3 heterocycles. The molecule has 11 rings (SSSR count). The molecule has 0 atom stereocenters. The standard InChI is InChI=1S/C51H33N5/c1-4-14-34(15-5-1)35-24-26-36(27-25-35)49-52-50(37-28-30-43-41-20-10-12-22-45(41)55(47(43)32-37)39-16-6-2-7-17-39)54-51(53-49)38-29-31-44-42-21-11-13-23-46(42)56(48(44)33-38)40-18-8-3-9-19-40/h1-33H. The average molecular weight is 716 g/mol. The third-order valence-corrected chi connectivity index (χ3v) is 10.8. The van der Waals surface area contributed by atoms with Gasteiger partial charge in [0.1, 0.15) is 0 Å². The molecule has 0 N–H and O–H groups in total. The first-order chi connectivity index (χ1) is 27.8. The van der Waals surface area contributed by atoms with Crippen LogP contribution in [0.3, 0.4) is 0 Å². The van der Waals surface area contributed by atoms with Crippen LogP contribution in [0, 0.1) is 0 Å². The Labute approximate surface area is 323 Å². The molecule has 3 aromatic heterocycles. The van der Waals surface area contributed by atoms with E-state index in [1.807, 2.05) is 6.07 Å². The molecule has 0 amide bonds. The Morgan fingerprint density at radius 1 is 0.250 bits per heavy atom. The van der Waals surface area contributed by atoms with Gasteiger partial charge in [-0.2, -0.15) is 0 Å². The number of rotatable bonds is 6. The second-order valence-electron chi connectivity index (χ2n) is 14.1. The topological polar surface area (TPSA) is 48.5 Å². The SMILES string of the molecule is c1ccc(-c2ccc(-c3nc(-c4ccc5c6ccccc6n(-c6ccccc6)c5c4)nc(-c4ccc5c6ccccc6n(-c6ccccc6)c5c4)n3)cc2)cc1. The average Bonchev–Trinajstić information content (AvgIpc) is 3.79. The number of para-hydroxylation sites is 4. The molecule has 0 saturated heterocycles. The summed E-state index contributed by atoms with van der Waals surface area (Å²) >= 11 is 0. The molecule has 5 nitrogen and oxygen atoms in total. The van der Waals surface area contributed by atoms with Crippen molar-refractivity contribution < 1.29 is 0 Å². The van der Waals surface area contributed by atoms with Gasteiger partial charge in [0, 0.05) is 49.6 Å².